The smallest absolute Gasteiger partial charge is 0.356 e. The molecular weight excluding hydrogens is 254 g/mol. The first-order chi connectivity index (χ1) is 9.67. The number of para-hydroxylation sites is 1. The fraction of sp³-hybridized carbons (Fsp3) is 0.133. The molecule has 0 aliphatic rings. The Morgan fingerprint density at radius 3 is 2.80 bits per heavy atom. The van der Waals surface area contributed by atoms with Crippen molar-refractivity contribution >= 4 is 17.3 Å². The van der Waals surface area contributed by atoms with Gasteiger partial charge in [-0.3, -0.25) is 0 Å². The van der Waals surface area contributed by atoms with Crippen molar-refractivity contribution in [1.82, 2.24) is 4.98 Å². The van der Waals surface area contributed by atoms with Crippen molar-refractivity contribution in [3.05, 3.63) is 53.9 Å². The van der Waals surface area contributed by atoms with Gasteiger partial charge in [0.2, 0.25) is 0 Å². The molecule has 1 heterocycles. The fourth-order valence-electron chi connectivity index (χ4n) is 1.84. The lowest BCUT2D eigenvalue weighted by molar-refractivity contribution is 0.0594. The van der Waals surface area contributed by atoms with E-state index in [1.807, 2.05) is 30.1 Å². The third-order valence-electron chi connectivity index (χ3n) is 2.91. The highest BCUT2D eigenvalue weighted by Gasteiger charge is 2.12. The van der Waals surface area contributed by atoms with Gasteiger partial charge in [0.25, 0.3) is 0 Å². The number of pyridine rings is 1. The molecule has 0 radical (unpaired) electrons. The first-order valence-electron chi connectivity index (χ1n) is 5.94. The van der Waals surface area contributed by atoms with Crippen molar-refractivity contribution in [1.29, 1.82) is 5.26 Å². The number of nitrogens with zero attached hydrogens (tertiary/aromatic N) is 3. The second-order valence-electron chi connectivity index (χ2n) is 4.08. The third-order valence-corrected chi connectivity index (χ3v) is 2.91. The van der Waals surface area contributed by atoms with Crippen molar-refractivity contribution in [2.75, 3.05) is 19.1 Å². The second-order valence-corrected chi connectivity index (χ2v) is 4.08. The molecule has 1 aromatic heterocycles. The van der Waals surface area contributed by atoms with E-state index in [1.165, 1.54) is 13.3 Å². The van der Waals surface area contributed by atoms with E-state index in [0.29, 0.717) is 5.56 Å². The summed E-state index contributed by atoms with van der Waals surface area (Å²) in [6.07, 6.45) is 1.53. The topological polar surface area (TPSA) is 66.2 Å². The number of aromatic nitrogens is 1. The zero-order valence-corrected chi connectivity index (χ0v) is 11.2. The molecule has 2 rings (SSSR count). The number of rotatable bonds is 3. The van der Waals surface area contributed by atoms with Gasteiger partial charge in [-0.1, -0.05) is 12.1 Å². The number of carbonyl (C=O) groups is 1. The van der Waals surface area contributed by atoms with Crippen LogP contribution in [0.2, 0.25) is 0 Å². The lowest BCUT2D eigenvalue weighted by atomic mass is 10.1. The van der Waals surface area contributed by atoms with Crippen LogP contribution in [0.1, 0.15) is 16.1 Å². The number of benzene rings is 1. The van der Waals surface area contributed by atoms with Gasteiger partial charge < -0.3 is 9.64 Å². The molecule has 0 spiro atoms. The molecule has 2 aromatic rings. The molecule has 0 amide bonds. The van der Waals surface area contributed by atoms with Crippen molar-refractivity contribution in [2.24, 2.45) is 0 Å². The number of methoxy groups -OCH3 is 1. The van der Waals surface area contributed by atoms with Crippen LogP contribution >= 0.6 is 0 Å². The highest BCUT2D eigenvalue weighted by atomic mass is 16.5. The van der Waals surface area contributed by atoms with Crippen molar-refractivity contribution in [3.63, 3.8) is 0 Å². The zero-order valence-electron chi connectivity index (χ0n) is 11.2. The predicted molar refractivity (Wildman–Crippen MR) is 74.8 cm³/mol. The first-order valence-corrected chi connectivity index (χ1v) is 5.94. The number of esters is 1. The van der Waals surface area contributed by atoms with Crippen LogP contribution in [0.15, 0.2) is 42.6 Å². The maximum Gasteiger partial charge on any atom is 0.356 e. The lowest BCUT2D eigenvalue weighted by Gasteiger charge is -2.20. The molecule has 0 aliphatic heterocycles. The Balaban J connectivity index is 2.41. The molecule has 20 heavy (non-hydrogen) atoms. The molecule has 0 aliphatic carbocycles. The van der Waals surface area contributed by atoms with E-state index in [1.54, 1.807) is 18.2 Å². The van der Waals surface area contributed by atoms with E-state index in [4.69, 9.17) is 5.26 Å². The van der Waals surface area contributed by atoms with E-state index in [2.05, 4.69) is 15.8 Å². The molecule has 0 atom stereocenters. The molecular formula is C15H13N3O2. The summed E-state index contributed by atoms with van der Waals surface area (Å²) in [6.45, 7) is 0. The largest absolute Gasteiger partial charge is 0.464 e. The number of hydrogen-bond acceptors (Lipinski definition) is 5. The molecule has 0 saturated carbocycles. The fourth-order valence-corrected chi connectivity index (χ4v) is 1.84. The Labute approximate surface area is 117 Å². The lowest BCUT2D eigenvalue weighted by Crippen LogP contribution is -2.13. The SMILES string of the molecule is COC(=O)c1cc(N(C)c2ccccc2C#N)ccn1. The zero-order chi connectivity index (χ0) is 14.5. The summed E-state index contributed by atoms with van der Waals surface area (Å²) >= 11 is 0. The Bertz CT molecular complexity index is 677. The van der Waals surface area contributed by atoms with Gasteiger partial charge >= 0.3 is 5.97 Å². The summed E-state index contributed by atoms with van der Waals surface area (Å²) in [6, 6.07) is 12.8. The van der Waals surface area contributed by atoms with Gasteiger partial charge in [0.15, 0.2) is 0 Å². The van der Waals surface area contributed by atoms with Crippen LogP contribution in [0, 0.1) is 11.3 Å². The van der Waals surface area contributed by atoms with Gasteiger partial charge in [0.1, 0.15) is 11.8 Å². The summed E-state index contributed by atoms with van der Waals surface area (Å²) in [7, 11) is 3.14. The Morgan fingerprint density at radius 2 is 2.10 bits per heavy atom. The average Bonchev–Trinajstić information content (AvgIpc) is 2.53. The number of hydrogen-bond donors (Lipinski definition) is 0. The molecule has 0 unspecified atom stereocenters. The Kier molecular flexibility index (Phi) is 3.96. The van der Waals surface area contributed by atoms with Crippen LogP contribution in [0.25, 0.3) is 0 Å². The van der Waals surface area contributed by atoms with Gasteiger partial charge in [-0.15, -0.1) is 0 Å². The predicted octanol–water partition coefficient (Wildman–Crippen LogP) is 2.51. The van der Waals surface area contributed by atoms with E-state index >= 15 is 0 Å². The molecule has 5 heteroatoms. The summed E-state index contributed by atoms with van der Waals surface area (Å²) in [5, 5.41) is 9.13. The molecule has 0 saturated heterocycles. The molecule has 100 valence electrons. The second kappa shape index (κ2) is 5.85. The molecule has 1 aromatic carbocycles. The summed E-state index contributed by atoms with van der Waals surface area (Å²) in [4.78, 5) is 17.3. The number of anilines is 2. The summed E-state index contributed by atoms with van der Waals surface area (Å²) < 4.78 is 4.65. The van der Waals surface area contributed by atoms with Gasteiger partial charge in [0.05, 0.1) is 18.4 Å². The first kappa shape index (κ1) is 13.6. The highest BCUT2D eigenvalue weighted by molar-refractivity contribution is 5.88. The monoisotopic (exact) mass is 267 g/mol. The van der Waals surface area contributed by atoms with Crippen LogP contribution < -0.4 is 4.90 Å². The van der Waals surface area contributed by atoms with E-state index in [0.717, 1.165) is 11.4 Å². The molecule has 0 bridgehead atoms. The highest BCUT2D eigenvalue weighted by Crippen LogP contribution is 2.26. The van der Waals surface area contributed by atoms with Crippen molar-refractivity contribution in [3.8, 4) is 6.07 Å². The number of nitriles is 1. The van der Waals surface area contributed by atoms with Crippen LogP contribution in [-0.2, 0) is 4.74 Å². The van der Waals surface area contributed by atoms with Crippen LogP contribution in [0.3, 0.4) is 0 Å². The Morgan fingerprint density at radius 1 is 1.35 bits per heavy atom. The maximum absolute atomic E-state index is 11.5. The summed E-state index contributed by atoms with van der Waals surface area (Å²) in [5.74, 6) is -0.492. The quantitative estimate of drug-likeness (QED) is 0.799. The maximum atomic E-state index is 11.5. The molecule has 0 N–H and O–H groups in total. The van der Waals surface area contributed by atoms with Crippen molar-refractivity contribution < 1.29 is 9.53 Å². The average molecular weight is 267 g/mol. The van der Waals surface area contributed by atoms with Gasteiger partial charge in [-0.2, -0.15) is 5.26 Å². The van der Waals surface area contributed by atoms with Gasteiger partial charge in [-0.05, 0) is 24.3 Å². The minimum Gasteiger partial charge on any atom is -0.464 e. The van der Waals surface area contributed by atoms with E-state index < -0.39 is 5.97 Å². The molecule has 5 nitrogen and oxygen atoms in total. The summed E-state index contributed by atoms with van der Waals surface area (Å²) in [5.41, 5.74) is 2.30. The van der Waals surface area contributed by atoms with Gasteiger partial charge in [-0.25, -0.2) is 9.78 Å². The van der Waals surface area contributed by atoms with Crippen molar-refractivity contribution in [2.45, 2.75) is 0 Å². The standard InChI is InChI=1S/C15H13N3O2/c1-18(14-6-4-3-5-11(14)10-16)12-7-8-17-13(9-12)15(19)20-2/h3-9H,1-2H3. The van der Waals surface area contributed by atoms with Gasteiger partial charge in [0, 0.05) is 18.9 Å². The minimum atomic E-state index is -0.492. The number of ether oxygens (including phenoxy) is 1. The Hall–Kier alpha value is -2.87. The number of carbonyl (C=O) groups excluding carboxylic acids is 1. The normalized spacial score (nSPS) is 9.65. The van der Waals surface area contributed by atoms with Crippen LogP contribution in [-0.4, -0.2) is 25.1 Å². The van der Waals surface area contributed by atoms with Crippen LogP contribution in [0.5, 0.6) is 0 Å². The minimum absolute atomic E-state index is 0.228. The van der Waals surface area contributed by atoms with E-state index in [-0.39, 0.29) is 5.69 Å². The van der Waals surface area contributed by atoms with E-state index in [9.17, 15) is 4.79 Å². The van der Waals surface area contributed by atoms with Crippen LogP contribution in [0.4, 0.5) is 11.4 Å². The molecule has 0 fully saturated rings. The third kappa shape index (κ3) is 2.59.